The number of anilines is 1. The number of amides is 1. The molecule has 5 rings (SSSR count). The van der Waals surface area contributed by atoms with E-state index in [0.717, 1.165) is 35.3 Å². The van der Waals surface area contributed by atoms with Gasteiger partial charge in [0.2, 0.25) is 0 Å². The Morgan fingerprint density at radius 1 is 0.860 bits per heavy atom. The van der Waals surface area contributed by atoms with Crippen molar-refractivity contribution in [3.05, 3.63) is 128 Å². The summed E-state index contributed by atoms with van der Waals surface area (Å²) in [5, 5.41) is 11.5. The van der Waals surface area contributed by atoms with E-state index in [1.807, 2.05) is 54.6 Å². The molecular formula is C34H31N3O5S. The number of nitro benzene ring substituents is 1. The van der Waals surface area contributed by atoms with Crippen LogP contribution in [0.2, 0.25) is 0 Å². The van der Waals surface area contributed by atoms with Crippen molar-refractivity contribution in [3.63, 3.8) is 0 Å². The smallest absolute Gasteiger partial charge is 0.271 e. The third-order valence-electron chi connectivity index (χ3n) is 7.01. The van der Waals surface area contributed by atoms with Crippen LogP contribution in [-0.2, 0) is 24.2 Å². The first-order chi connectivity index (χ1) is 20.9. The van der Waals surface area contributed by atoms with Gasteiger partial charge in [-0.25, -0.2) is 4.99 Å². The van der Waals surface area contributed by atoms with E-state index in [1.54, 1.807) is 30.2 Å². The minimum Gasteiger partial charge on any atom is -0.493 e. The maximum absolute atomic E-state index is 13.8. The van der Waals surface area contributed by atoms with Gasteiger partial charge in [-0.2, -0.15) is 0 Å². The molecule has 8 nitrogen and oxygen atoms in total. The molecule has 0 aromatic heterocycles. The number of aryl methyl sites for hydroxylation is 2. The molecule has 4 aromatic carbocycles. The number of aliphatic imine (C=N–C) groups is 1. The summed E-state index contributed by atoms with van der Waals surface area (Å²) in [4.78, 5) is 31.3. The highest BCUT2D eigenvalue weighted by Crippen LogP contribution is 2.38. The predicted octanol–water partition coefficient (Wildman–Crippen LogP) is 8.12. The van der Waals surface area contributed by atoms with Gasteiger partial charge in [-0.3, -0.25) is 19.8 Å². The lowest BCUT2D eigenvalue weighted by molar-refractivity contribution is -0.384. The molecule has 4 aromatic rings. The van der Waals surface area contributed by atoms with E-state index in [4.69, 9.17) is 14.5 Å². The zero-order chi connectivity index (χ0) is 30.3. The highest BCUT2D eigenvalue weighted by molar-refractivity contribution is 8.19. The van der Waals surface area contributed by atoms with Crippen molar-refractivity contribution in [2.75, 3.05) is 12.0 Å². The van der Waals surface area contributed by atoms with Gasteiger partial charge in [-0.1, -0.05) is 44.2 Å². The molecule has 0 bridgehead atoms. The molecule has 0 atom stereocenters. The third kappa shape index (κ3) is 6.95. The molecule has 1 fully saturated rings. The summed E-state index contributed by atoms with van der Waals surface area (Å²) in [6.45, 7) is 4.42. The van der Waals surface area contributed by atoms with Crippen molar-refractivity contribution < 1.29 is 19.2 Å². The number of thioether (sulfide) groups is 1. The first kappa shape index (κ1) is 29.6. The van der Waals surface area contributed by atoms with Crippen LogP contribution < -0.4 is 14.4 Å². The fraction of sp³-hybridized carbons (Fsp3) is 0.176. The van der Waals surface area contributed by atoms with Crippen LogP contribution in [0.25, 0.3) is 6.08 Å². The molecule has 0 saturated carbocycles. The zero-order valence-corrected chi connectivity index (χ0v) is 25.0. The van der Waals surface area contributed by atoms with E-state index >= 15 is 0 Å². The van der Waals surface area contributed by atoms with E-state index in [2.05, 4.69) is 26.0 Å². The molecular weight excluding hydrogens is 562 g/mol. The van der Waals surface area contributed by atoms with Crippen molar-refractivity contribution in [1.82, 2.24) is 0 Å². The van der Waals surface area contributed by atoms with Crippen LogP contribution in [0.5, 0.6) is 11.5 Å². The zero-order valence-electron chi connectivity index (χ0n) is 24.2. The second-order valence-corrected chi connectivity index (χ2v) is 10.8. The quantitative estimate of drug-likeness (QED) is 0.105. The molecule has 218 valence electrons. The summed E-state index contributed by atoms with van der Waals surface area (Å²) >= 11 is 1.33. The average Bonchev–Trinajstić information content (AvgIpc) is 3.34. The Morgan fingerprint density at radius 3 is 2.09 bits per heavy atom. The van der Waals surface area contributed by atoms with Crippen LogP contribution in [-0.4, -0.2) is 23.1 Å². The minimum atomic E-state index is -0.437. The lowest BCUT2D eigenvalue weighted by Gasteiger charge is -2.16. The highest BCUT2D eigenvalue weighted by atomic mass is 32.2. The van der Waals surface area contributed by atoms with Crippen molar-refractivity contribution in [2.24, 2.45) is 4.99 Å². The van der Waals surface area contributed by atoms with Gasteiger partial charge in [-0.15, -0.1) is 0 Å². The van der Waals surface area contributed by atoms with Crippen molar-refractivity contribution in [1.29, 1.82) is 0 Å². The van der Waals surface area contributed by atoms with E-state index in [-0.39, 0.29) is 18.2 Å². The molecule has 9 heteroatoms. The summed E-state index contributed by atoms with van der Waals surface area (Å²) in [5.41, 5.74) is 5.53. The van der Waals surface area contributed by atoms with Crippen molar-refractivity contribution in [3.8, 4) is 11.5 Å². The fourth-order valence-electron chi connectivity index (χ4n) is 4.49. The number of methoxy groups -OCH3 is 1. The van der Waals surface area contributed by atoms with Gasteiger partial charge in [-0.05, 0) is 101 Å². The lowest BCUT2D eigenvalue weighted by Crippen LogP contribution is -2.28. The summed E-state index contributed by atoms with van der Waals surface area (Å²) in [6, 6.07) is 27.7. The number of nitro groups is 1. The first-order valence-electron chi connectivity index (χ1n) is 13.9. The van der Waals surface area contributed by atoms with E-state index in [9.17, 15) is 14.9 Å². The van der Waals surface area contributed by atoms with Crippen LogP contribution in [0.1, 0.15) is 36.1 Å². The van der Waals surface area contributed by atoms with Gasteiger partial charge in [0.15, 0.2) is 16.7 Å². The number of rotatable bonds is 10. The Kier molecular flexibility index (Phi) is 9.22. The molecule has 43 heavy (non-hydrogen) atoms. The number of benzene rings is 4. The van der Waals surface area contributed by atoms with Gasteiger partial charge in [0.05, 0.1) is 28.3 Å². The number of nitrogens with zero attached hydrogens (tertiary/aromatic N) is 3. The second kappa shape index (κ2) is 13.4. The Balaban J connectivity index is 1.41. The number of amidine groups is 1. The first-order valence-corrected chi connectivity index (χ1v) is 14.7. The van der Waals surface area contributed by atoms with Crippen LogP contribution in [0.4, 0.5) is 17.1 Å². The molecule has 0 unspecified atom stereocenters. The van der Waals surface area contributed by atoms with Gasteiger partial charge in [0, 0.05) is 12.1 Å². The molecule has 1 amide bonds. The van der Waals surface area contributed by atoms with E-state index < -0.39 is 4.92 Å². The normalized spacial score (nSPS) is 14.9. The molecule has 0 aliphatic carbocycles. The van der Waals surface area contributed by atoms with E-state index in [0.29, 0.717) is 21.6 Å². The van der Waals surface area contributed by atoms with Crippen LogP contribution in [0.15, 0.2) is 101 Å². The Hall–Kier alpha value is -4.89. The van der Waals surface area contributed by atoms with Gasteiger partial charge in [0.25, 0.3) is 11.6 Å². The third-order valence-corrected chi connectivity index (χ3v) is 7.97. The summed E-state index contributed by atoms with van der Waals surface area (Å²) in [6.07, 6.45) is 3.68. The second-order valence-electron chi connectivity index (χ2n) is 9.81. The highest BCUT2D eigenvalue weighted by Gasteiger charge is 2.34. The van der Waals surface area contributed by atoms with Crippen LogP contribution >= 0.6 is 11.8 Å². The summed E-state index contributed by atoms with van der Waals surface area (Å²) < 4.78 is 11.5. The lowest BCUT2D eigenvalue weighted by atomic mass is 10.1. The molecule has 0 spiro atoms. The largest absolute Gasteiger partial charge is 0.493 e. The Labute approximate surface area is 254 Å². The molecule has 0 radical (unpaired) electrons. The minimum absolute atomic E-state index is 0.0252. The Morgan fingerprint density at radius 2 is 1.49 bits per heavy atom. The van der Waals surface area contributed by atoms with Gasteiger partial charge < -0.3 is 9.47 Å². The number of non-ortho nitro benzene ring substituents is 1. The molecule has 1 aliphatic heterocycles. The molecule has 1 heterocycles. The van der Waals surface area contributed by atoms with Gasteiger partial charge in [0.1, 0.15) is 6.61 Å². The molecule has 0 N–H and O–H groups in total. The number of carbonyl (C=O) groups is 1. The predicted molar refractivity (Wildman–Crippen MR) is 172 cm³/mol. The maximum Gasteiger partial charge on any atom is 0.271 e. The van der Waals surface area contributed by atoms with Gasteiger partial charge >= 0.3 is 0 Å². The number of ether oxygens (including phenoxy) is 2. The monoisotopic (exact) mass is 593 g/mol. The molecule has 1 saturated heterocycles. The number of hydrogen-bond acceptors (Lipinski definition) is 7. The summed E-state index contributed by atoms with van der Waals surface area (Å²) in [7, 11) is 1.55. The Bertz CT molecular complexity index is 1680. The van der Waals surface area contributed by atoms with E-state index in [1.165, 1.54) is 35.0 Å². The molecule has 1 aliphatic rings. The van der Waals surface area contributed by atoms with Crippen LogP contribution in [0.3, 0.4) is 0 Å². The topological polar surface area (TPSA) is 94.3 Å². The summed E-state index contributed by atoms with van der Waals surface area (Å²) in [5.74, 6) is 0.864. The van der Waals surface area contributed by atoms with Crippen LogP contribution in [0, 0.1) is 10.1 Å². The standard InChI is InChI=1S/C34H31N3O5S/c1-4-23-6-13-27(14-7-23)35-34-36(28-15-8-24(5-2)9-16-28)33(38)32(43-34)21-26-12-19-30(31(20-26)41-3)42-22-25-10-17-29(18-11-25)37(39)40/h6-21H,4-5,22H2,1-3H3/b32-21-,35-34?. The number of hydrogen-bond donors (Lipinski definition) is 0. The average molecular weight is 594 g/mol. The SMILES string of the molecule is CCc1ccc(N=C2S/C(=C\c3ccc(OCc4ccc([N+](=O)[O-])cc4)c(OC)c3)C(=O)N2c2ccc(CC)cc2)cc1. The van der Waals surface area contributed by atoms with Crippen molar-refractivity contribution in [2.45, 2.75) is 33.3 Å². The fourth-order valence-corrected chi connectivity index (χ4v) is 5.49. The van der Waals surface area contributed by atoms with Crippen molar-refractivity contribution >= 4 is 46.0 Å². The maximum atomic E-state index is 13.8. The number of carbonyl (C=O) groups excluding carboxylic acids is 1.